The molecule has 0 aliphatic carbocycles. The fourth-order valence-corrected chi connectivity index (χ4v) is 10.9. The second-order valence-electron chi connectivity index (χ2n) is 18.4. The van der Waals surface area contributed by atoms with Crippen LogP contribution in [0.4, 0.5) is 17.1 Å². The Morgan fingerprint density at radius 1 is 0.236 bits per heavy atom. The Bertz CT molecular complexity index is 4070. The first-order valence-corrected chi connectivity index (χ1v) is 24.7. The van der Waals surface area contributed by atoms with Crippen LogP contribution in [-0.2, 0) is 0 Å². The van der Waals surface area contributed by atoms with Crippen LogP contribution in [0.5, 0.6) is 0 Å². The summed E-state index contributed by atoms with van der Waals surface area (Å²) in [6.45, 7) is 0. The predicted molar refractivity (Wildman–Crippen MR) is 306 cm³/mol. The van der Waals surface area contributed by atoms with Gasteiger partial charge in [0.15, 0.2) is 0 Å². The molecule has 0 amide bonds. The Labute approximate surface area is 420 Å². The fourth-order valence-electron chi connectivity index (χ4n) is 10.9. The number of para-hydroxylation sites is 2. The van der Waals surface area contributed by atoms with Gasteiger partial charge in [-0.15, -0.1) is 0 Å². The number of anilines is 3. The highest BCUT2D eigenvalue weighted by atomic mass is 15.1. The molecule has 0 aliphatic rings. The highest BCUT2D eigenvalue weighted by Crippen LogP contribution is 2.46. The zero-order valence-electron chi connectivity index (χ0n) is 39.6. The van der Waals surface area contributed by atoms with Crippen LogP contribution in [0.15, 0.2) is 291 Å². The minimum atomic E-state index is 1.07. The lowest BCUT2D eigenvalue weighted by Gasteiger charge is -2.27. The molecule has 12 aromatic carbocycles. The Morgan fingerprint density at radius 2 is 0.694 bits per heavy atom. The first kappa shape index (κ1) is 42.6. The highest BCUT2D eigenvalue weighted by molar-refractivity contribution is 6.10. The summed E-state index contributed by atoms with van der Waals surface area (Å²) in [6.07, 6.45) is 0. The maximum absolute atomic E-state index is 2.42. The maximum atomic E-state index is 2.42. The van der Waals surface area contributed by atoms with E-state index in [0.29, 0.717) is 0 Å². The summed E-state index contributed by atoms with van der Waals surface area (Å²) in [4.78, 5) is 2.42. The standard InChI is InChI=1S/C70H48N2/c1-4-20-49(21-5-1)62-33-12-13-35-66(62)70-63(51-22-6-2-7-23-51)37-19-38-64(70)55-27-17-31-59(47-55)71(57-43-40-52(41-44-57)61-36-18-25-50-24-10-11-32-60(50)61)58-30-16-26-53(46-58)54-42-45-69-67(48-54)65-34-14-15-39-68(65)72(69)56-28-8-3-9-29-56/h1-48H. The van der Waals surface area contributed by atoms with Crippen molar-refractivity contribution in [3.63, 3.8) is 0 Å². The predicted octanol–water partition coefficient (Wildman–Crippen LogP) is 19.4. The number of benzene rings is 12. The Hall–Kier alpha value is -9.50. The monoisotopic (exact) mass is 916 g/mol. The summed E-state index contributed by atoms with van der Waals surface area (Å²) in [6, 6.07) is 106. The Kier molecular flexibility index (Phi) is 10.9. The van der Waals surface area contributed by atoms with Crippen molar-refractivity contribution < 1.29 is 0 Å². The van der Waals surface area contributed by atoms with Crippen molar-refractivity contribution in [2.45, 2.75) is 0 Å². The van der Waals surface area contributed by atoms with Crippen LogP contribution in [0.3, 0.4) is 0 Å². The van der Waals surface area contributed by atoms with E-state index in [-0.39, 0.29) is 0 Å². The molecule has 0 saturated heterocycles. The van der Waals surface area contributed by atoms with Crippen molar-refractivity contribution >= 4 is 49.6 Å². The fraction of sp³-hybridized carbons (Fsp3) is 0. The highest BCUT2D eigenvalue weighted by Gasteiger charge is 2.21. The molecule has 2 nitrogen and oxygen atoms in total. The Balaban J connectivity index is 0.978. The van der Waals surface area contributed by atoms with Crippen LogP contribution in [0.2, 0.25) is 0 Å². The largest absolute Gasteiger partial charge is 0.310 e. The quantitative estimate of drug-likeness (QED) is 0.133. The van der Waals surface area contributed by atoms with Crippen molar-refractivity contribution in [1.82, 2.24) is 4.57 Å². The molecule has 0 saturated carbocycles. The van der Waals surface area contributed by atoms with Gasteiger partial charge in [-0.1, -0.05) is 224 Å². The second kappa shape index (κ2) is 18.4. The van der Waals surface area contributed by atoms with Gasteiger partial charge in [0.05, 0.1) is 11.0 Å². The van der Waals surface area contributed by atoms with E-state index in [2.05, 4.69) is 301 Å². The van der Waals surface area contributed by atoms with Gasteiger partial charge in [-0.05, 0) is 144 Å². The van der Waals surface area contributed by atoms with Gasteiger partial charge in [0, 0.05) is 33.5 Å². The Morgan fingerprint density at radius 3 is 1.44 bits per heavy atom. The van der Waals surface area contributed by atoms with Crippen molar-refractivity contribution in [3.05, 3.63) is 291 Å². The molecular weight excluding hydrogens is 869 g/mol. The molecule has 0 atom stereocenters. The maximum Gasteiger partial charge on any atom is 0.0541 e. The van der Waals surface area contributed by atoms with Crippen molar-refractivity contribution in [2.75, 3.05) is 4.90 Å². The first-order chi connectivity index (χ1) is 35.7. The van der Waals surface area contributed by atoms with E-state index in [1.165, 1.54) is 88.2 Å². The van der Waals surface area contributed by atoms with Crippen LogP contribution >= 0.6 is 0 Å². The number of rotatable bonds is 10. The van der Waals surface area contributed by atoms with E-state index in [1.807, 2.05) is 0 Å². The van der Waals surface area contributed by atoms with Gasteiger partial charge in [0.1, 0.15) is 0 Å². The van der Waals surface area contributed by atoms with Gasteiger partial charge in [0.25, 0.3) is 0 Å². The molecule has 0 radical (unpaired) electrons. The van der Waals surface area contributed by atoms with E-state index in [9.17, 15) is 0 Å². The van der Waals surface area contributed by atoms with Crippen LogP contribution in [0.1, 0.15) is 0 Å². The topological polar surface area (TPSA) is 8.17 Å². The lowest BCUT2D eigenvalue weighted by Crippen LogP contribution is -2.10. The zero-order valence-corrected chi connectivity index (χ0v) is 39.6. The number of aromatic nitrogens is 1. The molecule has 1 heterocycles. The third kappa shape index (κ3) is 7.73. The van der Waals surface area contributed by atoms with Gasteiger partial charge in [-0.3, -0.25) is 0 Å². The van der Waals surface area contributed by atoms with Gasteiger partial charge in [0.2, 0.25) is 0 Å². The molecule has 0 spiro atoms. The molecule has 13 aromatic rings. The van der Waals surface area contributed by atoms with Crippen molar-refractivity contribution in [3.8, 4) is 72.4 Å². The molecule has 0 N–H and O–H groups in total. The van der Waals surface area contributed by atoms with E-state index < -0.39 is 0 Å². The molecule has 13 rings (SSSR count). The number of hydrogen-bond acceptors (Lipinski definition) is 1. The normalized spacial score (nSPS) is 11.3. The summed E-state index contributed by atoms with van der Waals surface area (Å²) in [5.41, 5.74) is 20.9. The zero-order chi connectivity index (χ0) is 47.8. The first-order valence-electron chi connectivity index (χ1n) is 24.7. The van der Waals surface area contributed by atoms with Crippen LogP contribution < -0.4 is 4.90 Å². The summed E-state index contributed by atoms with van der Waals surface area (Å²) in [7, 11) is 0. The minimum absolute atomic E-state index is 1.07. The molecule has 0 bridgehead atoms. The molecule has 72 heavy (non-hydrogen) atoms. The van der Waals surface area contributed by atoms with Gasteiger partial charge in [-0.2, -0.15) is 0 Å². The van der Waals surface area contributed by atoms with Crippen LogP contribution in [0.25, 0.3) is 105 Å². The average Bonchev–Trinajstić information content (AvgIpc) is 3.80. The van der Waals surface area contributed by atoms with E-state index in [4.69, 9.17) is 0 Å². The minimum Gasteiger partial charge on any atom is -0.310 e. The second-order valence-corrected chi connectivity index (χ2v) is 18.4. The van der Waals surface area contributed by atoms with E-state index in [1.54, 1.807) is 0 Å². The van der Waals surface area contributed by atoms with Gasteiger partial charge >= 0.3 is 0 Å². The summed E-state index contributed by atoms with van der Waals surface area (Å²) >= 11 is 0. The van der Waals surface area contributed by atoms with Crippen LogP contribution in [-0.4, -0.2) is 4.57 Å². The molecule has 2 heteroatoms. The van der Waals surface area contributed by atoms with Crippen molar-refractivity contribution in [2.24, 2.45) is 0 Å². The lowest BCUT2D eigenvalue weighted by molar-refractivity contribution is 1.18. The van der Waals surface area contributed by atoms with Gasteiger partial charge < -0.3 is 9.47 Å². The summed E-state index contributed by atoms with van der Waals surface area (Å²) < 4.78 is 2.38. The van der Waals surface area contributed by atoms with E-state index >= 15 is 0 Å². The molecule has 0 unspecified atom stereocenters. The smallest absolute Gasteiger partial charge is 0.0541 e. The number of nitrogens with zero attached hydrogens (tertiary/aromatic N) is 2. The lowest BCUT2D eigenvalue weighted by atomic mass is 9.84. The molecule has 338 valence electrons. The van der Waals surface area contributed by atoms with Crippen molar-refractivity contribution in [1.29, 1.82) is 0 Å². The summed E-state index contributed by atoms with van der Waals surface area (Å²) in [5.74, 6) is 0. The average molecular weight is 917 g/mol. The van der Waals surface area contributed by atoms with E-state index in [0.717, 1.165) is 33.9 Å². The third-order valence-corrected chi connectivity index (χ3v) is 14.2. The molecule has 0 aliphatic heterocycles. The van der Waals surface area contributed by atoms with Gasteiger partial charge in [-0.25, -0.2) is 0 Å². The summed E-state index contributed by atoms with van der Waals surface area (Å²) in [5, 5.41) is 4.95. The van der Waals surface area contributed by atoms with Crippen LogP contribution in [0, 0.1) is 0 Å². The molecular formula is C70H48N2. The number of fused-ring (bicyclic) bond motifs is 4. The SMILES string of the molecule is c1ccc(-c2ccccc2-c2c(-c3ccccc3)cccc2-c2cccc(N(c3ccc(-c4cccc5ccccc45)cc3)c3cccc(-c4ccc5c(c4)c4ccccc4n5-c4ccccc4)c3)c2)cc1. The third-order valence-electron chi connectivity index (χ3n) is 14.2. The molecule has 0 fully saturated rings. The molecule has 1 aromatic heterocycles. The number of hydrogen-bond donors (Lipinski definition) is 0.